The van der Waals surface area contributed by atoms with Gasteiger partial charge in [0, 0.05) is 21.1 Å². The minimum absolute atomic E-state index is 0.309. The van der Waals surface area contributed by atoms with Crippen molar-refractivity contribution in [3.05, 3.63) is 26.7 Å². The molecule has 0 bridgehead atoms. The van der Waals surface area contributed by atoms with Gasteiger partial charge in [-0.25, -0.2) is 9.78 Å². The summed E-state index contributed by atoms with van der Waals surface area (Å²) in [5.74, 6) is 2.69. The third-order valence-corrected chi connectivity index (χ3v) is 2.60. The Kier molecular flexibility index (Phi) is 1.98. The predicted molar refractivity (Wildman–Crippen MR) is 59.1 cm³/mol. The van der Waals surface area contributed by atoms with Gasteiger partial charge >= 0.3 is 5.69 Å². The Morgan fingerprint density at radius 3 is 2.31 bits per heavy atom. The van der Waals surface area contributed by atoms with Crippen molar-refractivity contribution >= 4 is 11.2 Å². The van der Waals surface area contributed by atoms with E-state index in [1.54, 1.807) is 14.1 Å². The lowest BCUT2D eigenvalue weighted by Crippen LogP contribution is -2.37. The molecule has 0 aromatic carbocycles. The molecule has 0 fully saturated rings. The summed E-state index contributed by atoms with van der Waals surface area (Å²) in [5.41, 5.74) is -0.171. The molecule has 0 saturated heterocycles. The first-order valence-corrected chi connectivity index (χ1v) is 4.58. The first kappa shape index (κ1) is 10.2. The number of rotatable bonds is 0. The fourth-order valence-corrected chi connectivity index (χ4v) is 1.65. The molecule has 82 valence electrons. The van der Waals surface area contributed by atoms with E-state index in [0.29, 0.717) is 17.0 Å². The second kappa shape index (κ2) is 3.10. The SMILES string of the molecule is C#Cc1nc2c(c(=O)n(C)c(=O)n2C)n1C. The predicted octanol–water partition coefficient (Wildman–Crippen LogP) is -1.05. The van der Waals surface area contributed by atoms with Gasteiger partial charge in [0.05, 0.1) is 0 Å². The second-order valence-corrected chi connectivity index (χ2v) is 3.52. The quantitative estimate of drug-likeness (QED) is 0.530. The zero-order valence-corrected chi connectivity index (χ0v) is 9.18. The number of aromatic nitrogens is 4. The van der Waals surface area contributed by atoms with Crippen LogP contribution in [0.5, 0.6) is 0 Å². The highest BCUT2D eigenvalue weighted by Gasteiger charge is 2.15. The second-order valence-electron chi connectivity index (χ2n) is 3.52. The van der Waals surface area contributed by atoms with E-state index in [1.807, 2.05) is 0 Å². The average Bonchev–Trinajstić information content (AvgIpc) is 2.61. The van der Waals surface area contributed by atoms with Gasteiger partial charge in [0.15, 0.2) is 17.0 Å². The number of nitrogens with zero attached hydrogens (tertiary/aromatic N) is 4. The van der Waals surface area contributed by atoms with E-state index in [4.69, 9.17) is 6.42 Å². The summed E-state index contributed by atoms with van der Waals surface area (Å²) < 4.78 is 3.85. The highest BCUT2D eigenvalue weighted by molar-refractivity contribution is 5.71. The van der Waals surface area contributed by atoms with Crippen LogP contribution in [0.15, 0.2) is 9.59 Å². The van der Waals surface area contributed by atoms with Crippen LogP contribution in [0.25, 0.3) is 11.2 Å². The van der Waals surface area contributed by atoms with Crippen LogP contribution in [0.4, 0.5) is 0 Å². The van der Waals surface area contributed by atoms with E-state index in [9.17, 15) is 9.59 Å². The Labute approximate surface area is 90.8 Å². The van der Waals surface area contributed by atoms with Crippen LogP contribution in [0.2, 0.25) is 0 Å². The van der Waals surface area contributed by atoms with Gasteiger partial charge in [-0.05, 0) is 5.92 Å². The summed E-state index contributed by atoms with van der Waals surface area (Å²) in [7, 11) is 4.63. The molecule has 2 aromatic rings. The molecule has 0 radical (unpaired) electrons. The third-order valence-electron chi connectivity index (χ3n) is 2.60. The minimum atomic E-state index is -0.417. The maximum atomic E-state index is 11.9. The Bertz CT molecular complexity index is 739. The van der Waals surface area contributed by atoms with Gasteiger partial charge < -0.3 is 4.57 Å². The summed E-state index contributed by atoms with van der Waals surface area (Å²) in [4.78, 5) is 27.6. The standard InChI is InChI=1S/C10H10N4O2/c1-5-6-11-8-7(12(6)2)9(15)14(4)10(16)13(8)3/h1H,2-4H3. The molecule has 6 heteroatoms. The Morgan fingerprint density at radius 2 is 1.75 bits per heavy atom. The van der Waals surface area contributed by atoms with Gasteiger partial charge in [-0.2, -0.15) is 0 Å². The van der Waals surface area contributed by atoms with Gasteiger partial charge in [-0.15, -0.1) is 6.42 Å². The van der Waals surface area contributed by atoms with Crippen LogP contribution in [-0.4, -0.2) is 18.7 Å². The van der Waals surface area contributed by atoms with E-state index in [2.05, 4.69) is 10.9 Å². The lowest BCUT2D eigenvalue weighted by atomic mass is 10.5. The maximum Gasteiger partial charge on any atom is 0.332 e. The molecule has 2 aromatic heterocycles. The molecule has 16 heavy (non-hydrogen) atoms. The fraction of sp³-hybridized carbons (Fsp3) is 0.300. The van der Waals surface area contributed by atoms with Crippen LogP contribution in [-0.2, 0) is 21.1 Å². The number of hydrogen-bond acceptors (Lipinski definition) is 3. The van der Waals surface area contributed by atoms with Crippen molar-refractivity contribution in [2.24, 2.45) is 21.1 Å². The first-order valence-electron chi connectivity index (χ1n) is 4.58. The largest absolute Gasteiger partial charge is 0.332 e. The van der Waals surface area contributed by atoms with E-state index >= 15 is 0 Å². The highest BCUT2D eigenvalue weighted by atomic mass is 16.2. The Balaban J connectivity index is 3.21. The van der Waals surface area contributed by atoms with Crippen LogP contribution >= 0.6 is 0 Å². The van der Waals surface area contributed by atoms with Gasteiger partial charge in [0.25, 0.3) is 5.56 Å². The molecule has 2 rings (SSSR count). The molecule has 0 aliphatic rings. The number of fused-ring (bicyclic) bond motifs is 1. The molecule has 6 nitrogen and oxygen atoms in total. The van der Waals surface area contributed by atoms with Gasteiger partial charge in [-0.3, -0.25) is 13.9 Å². The lowest BCUT2D eigenvalue weighted by Gasteiger charge is -2.02. The minimum Gasteiger partial charge on any atom is -0.315 e. The normalized spacial score (nSPS) is 10.6. The summed E-state index contributed by atoms with van der Waals surface area (Å²) in [6.45, 7) is 0. The van der Waals surface area contributed by atoms with E-state index in [1.165, 1.54) is 16.2 Å². The maximum absolute atomic E-state index is 11.9. The van der Waals surface area contributed by atoms with Crippen molar-refractivity contribution in [3.63, 3.8) is 0 Å². The molecule has 0 aliphatic carbocycles. The van der Waals surface area contributed by atoms with Crippen LogP contribution in [0.1, 0.15) is 5.82 Å². The summed E-state index contributed by atoms with van der Waals surface area (Å²) >= 11 is 0. The molecule has 0 N–H and O–H groups in total. The van der Waals surface area contributed by atoms with Gasteiger partial charge in [0.2, 0.25) is 0 Å². The van der Waals surface area contributed by atoms with Crippen LogP contribution < -0.4 is 11.2 Å². The molecule has 0 aliphatic heterocycles. The van der Waals surface area contributed by atoms with Crippen molar-refractivity contribution in [2.45, 2.75) is 0 Å². The molecule has 0 unspecified atom stereocenters. The molecule has 0 amide bonds. The van der Waals surface area contributed by atoms with Crippen LogP contribution in [0, 0.1) is 12.3 Å². The number of aryl methyl sites for hydroxylation is 2. The zero-order chi connectivity index (χ0) is 12.0. The molecule has 2 heterocycles. The molecule has 0 spiro atoms. The Hall–Kier alpha value is -2.29. The molecule has 0 atom stereocenters. The van der Waals surface area contributed by atoms with Crippen molar-refractivity contribution < 1.29 is 0 Å². The van der Waals surface area contributed by atoms with Gasteiger partial charge in [-0.1, -0.05) is 0 Å². The zero-order valence-electron chi connectivity index (χ0n) is 9.18. The summed E-state index contributed by atoms with van der Waals surface area (Å²) in [6.07, 6.45) is 5.26. The number of hydrogen-bond donors (Lipinski definition) is 0. The van der Waals surface area contributed by atoms with Crippen molar-refractivity contribution in [2.75, 3.05) is 0 Å². The van der Waals surface area contributed by atoms with Crippen LogP contribution in [0.3, 0.4) is 0 Å². The third kappa shape index (κ3) is 1.05. The topological polar surface area (TPSA) is 61.8 Å². The summed E-state index contributed by atoms with van der Waals surface area (Å²) in [5, 5.41) is 0. The first-order chi connectivity index (χ1) is 7.49. The Morgan fingerprint density at radius 1 is 1.12 bits per heavy atom. The van der Waals surface area contributed by atoms with E-state index in [-0.39, 0.29) is 0 Å². The van der Waals surface area contributed by atoms with E-state index < -0.39 is 11.2 Å². The summed E-state index contributed by atoms with van der Waals surface area (Å²) in [6, 6.07) is 0. The number of imidazole rings is 1. The smallest absolute Gasteiger partial charge is 0.315 e. The van der Waals surface area contributed by atoms with Crippen molar-refractivity contribution in [1.29, 1.82) is 0 Å². The fourth-order valence-electron chi connectivity index (χ4n) is 1.65. The average molecular weight is 218 g/mol. The van der Waals surface area contributed by atoms with E-state index in [0.717, 1.165) is 4.57 Å². The van der Waals surface area contributed by atoms with Crippen molar-refractivity contribution in [1.82, 2.24) is 18.7 Å². The molecular weight excluding hydrogens is 208 g/mol. The number of terminal acetylenes is 1. The molecular formula is C10H10N4O2. The lowest BCUT2D eigenvalue weighted by molar-refractivity contribution is 0.705. The molecule has 0 saturated carbocycles. The van der Waals surface area contributed by atoms with Crippen molar-refractivity contribution in [3.8, 4) is 12.3 Å². The highest BCUT2D eigenvalue weighted by Crippen LogP contribution is 2.07. The monoisotopic (exact) mass is 218 g/mol. The van der Waals surface area contributed by atoms with Gasteiger partial charge in [0.1, 0.15) is 0 Å².